The molecule has 22 heavy (non-hydrogen) atoms. The van der Waals surface area contributed by atoms with Gasteiger partial charge >= 0.3 is 0 Å². The Labute approximate surface area is 130 Å². The second-order valence-corrected chi connectivity index (χ2v) is 7.66. The minimum Gasteiger partial charge on any atom is -0.484 e. The van der Waals surface area contributed by atoms with Gasteiger partial charge in [0.2, 0.25) is 0 Å². The third kappa shape index (κ3) is 4.07. The number of ether oxygens (including phenoxy) is 1. The number of hydrogen-bond acceptors (Lipinski definition) is 5. The number of rotatable bonds is 5. The number of benzene rings is 1. The van der Waals surface area contributed by atoms with Crippen molar-refractivity contribution in [1.82, 2.24) is 4.90 Å². The Kier molecular flexibility index (Phi) is 4.85. The third-order valence-electron chi connectivity index (χ3n) is 3.77. The highest BCUT2D eigenvalue weighted by Crippen LogP contribution is 2.17. The van der Waals surface area contributed by atoms with Crippen LogP contribution in [0, 0.1) is 0 Å². The van der Waals surface area contributed by atoms with E-state index in [4.69, 9.17) is 4.74 Å². The number of hydrogen-bond donors (Lipinski definition) is 0. The van der Waals surface area contributed by atoms with Gasteiger partial charge in [0.1, 0.15) is 5.75 Å². The predicted octanol–water partition coefficient (Wildman–Crippen LogP) is 0.913. The lowest BCUT2D eigenvalue weighted by Gasteiger charge is -2.23. The lowest BCUT2D eigenvalue weighted by atomic mass is 10.1. The van der Waals surface area contributed by atoms with Gasteiger partial charge in [-0.1, -0.05) is 0 Å². The minimum atomic E-state index is -3.02. The Morgan fingerprint density at radius 2 is 1.91 bits per heavy atom. The van der Waals surface area contributed by atoms with E-state index < -0.39 is 9.84 Å². The molecule has 1 atom stereocenters. The van der Waals surface area contributed by atoms with Gasteiger partial charge in [0.25, 0.3) is 5.91 Å². The van der Waals surface area contributed by atoms with Crippen LogP contribution >= 0.6 is 0 Å². The summed E-state index contributed by atoms with van der Waals surface area (Å²) in [5.41, 5.74) is 0.576. The van der Waals surface area contributed by atoms with Gasteiger partial charge in [0.15, 0.2) is 22.2 Å². The molecular formula is C15H19NO5S. The van der Waals surface area contributed by atoms with Gasteiger partial charge in [0, 0.05) is 18.7 Å². The van der Waals surface area contributed by atoms with Gasteiger partial charge in [-0.05, 0) is 37.6 Å². The summed E-state index contributed by atoms with van der Waals surface area (Å²) >= 11 is 0. The zero-order valence-electron chi connectivity index (χ0n) is 12.6. The maximum Gasteiger partial charge on any atom is 0.260 e. The lowest BCUT2D eigenvalue weighted by molar-refractivity contribution is -0.133. The summed E-state index contributed by atoms with van der Waals surface area (Å²) in [7, 11) is -1.43. The van der Waals surface area contributed by atoms with Gasteiger partial charge in [0.05, 0.1) is 11.5 Å². The molecule has 0 radical (unpaired) electrons. The van der Waals surface area contributed by atoms with E-state index in [0.29, 0.717) is 17.7 Å². The molecule has 1 aliphatic heterocycles. The lowest BCUT2D eigenvalue weighted by Crippen LogP contribution is -2.40. The molecule has 6 nitrogen and oxygen atoms in total. The largest absolute Gasteiger partial charge is 0.484 e. The summed E-state index contributed by atoms with van der Waals surface area (Å²) in [6.45, 7) is 1.32. The average molecular weight is 325 g/mol. The molecule has 1 heterocycles. The number of ketones is 1. The van der Waals surface area contributed by atoms with Crippen LogP contribution in [0.2, 0.25) is 0 Å². The van der Waals surface area contributed by atoms with Crippen molar-refractivity contribution in [3.63, 3.8) is 0 Å². The first-order chi connectivity index (χ1) is 10.3. The first-order valence-corrected chi connectivity index (χ1v) is 8.80. The number of sulfone groups is 1. The summed E-state index contributed by atoms with van der Waals surface area (Å²) in [5.74, 6) is 0.332. The molecule has 0 aliphatic carbocycles. The maximum atomic E-state index is 12.0. The topological polar surface area (TPSA) is 80.8 Å². The van der Waals surface area contributed by atoms with Gasteiger partial charge in [-0.25, -0.2) is 8.42 Å². The molecule has 1 aromatic rings. The van der Waals surface area contributed by atoms with Crippen LogP contribution in [0.5, 0.6) is 5.75 Å². The highest BCUT2D eigenvalue weighted by Gasteiger charge is 2.32. The minimum absolute atomic E-state index is 0.0164. The molecule has 0 N–H and O–H groups in total. The fourth-order valence-electron chi connectivity index (χ4n) is 2.32. The van der Waals surface area contributed by atoms with Crippen LogP contribution in [0.15, 0.2) is 24.3 Å². The fourth-order valence-corrected chi connectivity index (χ4v) is 4.09. The quantitative estimate of drug-likeness (QED) is 0.752. The SMILES string of the molecule is CC(=O)c1ccc(OCC(=O)N(C)[C@@H]2CCS(=O)(=O)C2)cc1. The second kappa shape index (κ2) is 6.48. The van der Waals surface area contributed by atoms with Crippen LogP contribution in [0.25, 0.3) is 0 Å². The van der Waals surface area contributed by atoms with E-state index in [1.165, 1.54) is 11.8 Å². The molecule has 0 saturated carbocycles. The van der Waals surface area contributed by atoms with E-state index in [2.05, 4.69) is 0 Å². The van der Waals surface area contributed by atoms with Crippen molar-refractivity contribution in [2.75, 3.05) is 25.2 Å². The Morgan fingerprint density at radius 1 is 1.27 bits per heavy atom. The van der Waals surface area contributed by atoms with Gasteiger partial charge in [-0.2, -0.15) is 0 Å². The molecular weight excluding hydrogens is 306 g/mol. The summed E-state index contributed by atoms with van der Waals surface area (Å²) in [4.78, 5) is 24.6. The average Bonchev–Trinajstić information content (AvgIpc) is 2.84. The van der Waals surface area contributed by atoms with E-state index in [-0.39, 0.29) is 35.8 Å². The van der Waals surface area contributed by atoms with Crippen molar-refractivity contribution in [2.24, 2.45) is 0 Å². The fraction of sp³-hybridized carbons (Fsp3) is 0.467. The number of carbonyl (C=O) groups is 2. The number of carbonyl (C=O) groups excluding carboxylic acids is 2. The number of Topliss-reactive ketones (excluding diaryl/α,β-unsaturated/α-hetero) is 1. The van der Waals surface area contributed by atoms with Crippen LogP contribution in [-0.2, 0) is 14.6 Å². The normalized spacial score (nSPS) is 19.6. The molecule has 0 bridgehead atoms. The molecule has 0 unspecified atom stereocenters. The smallest absolute Gasteiger partial charge is 0.260 e. The Hall–Kier alpha value is -1.89. The van der Waals surface area contributed by atoms with Crippen molar-refractivity contribution in [3.05, 3.63) is 29.8 Å². The molecule has 0 spiro atoms. The molecule has 120 valence electrons. The van der Waals surface area contributed by atoms with E-state index in [9.17, 15) is 18.0 Å². The van der Waals surface area contributed by atoms with E-state index in [0.717, 1.165) is 0 Å². The second-order valence-electron chi connectivity index (χ2n) is 5.43. The predicted molar refractivity (Wildman–Crippen MR) is 81.8 cm³/mol. The van der Waals surface area contributed by atoms with Gasteiger partial charge in [-0.3, -0.25) is 9.59 Å². The third-order valence-corrected chi connectivity index (χ3v) is 5.52. The first kappa shape index (κ1) is 16.5. The molecule has 1 aromatic carbocycles. The number of amides is 1. The molecule has 7 heteroatoms. The highest BCUT2D eigenvalue weighted by atomic mass is 32.2. The molecule has 1 aliphatic rings. The highest BCUT2D eigenvalue weighted by molar-refractivity contribution is 7.91. The molecule has 1 saturated heterocycles. The monoisotopic (exact) mass is 325 g/mol. The zero-order chi connectivity index (χ0) is 16.3. The van der Waals surface area contributed by atoms with E-state index in [1.54, 1.807) is 31.3 Å². The maximum absolute atomic E-state index is 12.0. The summed E-state index contributed by atoms with van der Waals surface area (Å²) in [6.07, 6.45) is 0.470. The summed E-state index contributed by atoms with van der Waals surface area (Å²) < 4.78 is 28.3. The Morgan fingerprint density at radius 3 is 2.41 bits per heavy atom. The molecule has 1 fully saturated rings. The van der Waals surface area contributed by atoms with Gasteiger partial charge in [-0.15, -0.1) is 0 Å². The van der Waals surface area contributed by atoms with Crippen LogP contribution in [0.1, 0.15) is 23.7 Å². The van der Waals surface area contributed by atoms with Crippen LogP contribution in [0.4, 0.5) is 0 Å². The van der Waals surface area contributed by atoms with Crippen molar-refractivity contribution >= 4 is 21.5 Å². The van der Waals surface area contributed by atoms with Crippen molar-refractivity contribution in [3.8, 4) is 5.75 Å². The van der Waals surface area contributed by atoms with Crippen molar-refractivity contribution in [1.29, 1.82) is 0 Å². The standard InChI is InChI=1S/C15H19NO5S/c1-11(17)12-3-5-14(6-4-12)21-9-15(18)16(2)13-7-8-22(19,20)10-13/h3-6,13H,7-10H2,1-2H3/t13-/m1/s1. The summed E-state index contributed by atoms with van der Waals surface area (Å²) in [6, 6.07) is 6.25. The van der Waals surface area contributed by atoms with Crippen LogP contribution < -0.4 is 4.74 Å². The van der Waals surface area contributed by atoms with Crippen molar-refractivity contribution in [2.45, 2.75) is 19.4 Å². The molecule has 2 rings (SSSR count). The van der Waals surface area contributed by atoms with E-state index in [1.807, 2.05) is 0 Å². The zero-order valence-corrected chi connectivity index (χ0v) is 13.4. The Balaban J connectivity index is 1.88. The summed E-state index contributed by atoms with van der Waals surface area (Å²) in [5, 5.41) is 0. The van der Waals surface area contributed by atoms with Crippen molar-refractivity contribution < 1.29 is 22.7 Å². The number of nitrogens with zero attached hydrogens (tertiary/aromatic N) is 1. The first-order valence-electron chi connectivity index (χ1n) is 6.98. The Bertz CT molecular complexity index is 666. The van der Waals surface area contributed by atoms with Crippen LogP contribution in [-0.4, -0.2) is 56.2 Å². The van der Waals surface area contributed by atoms with E-state index >= 15 is 0 Å². The van der Waals surface area contributed by atoms with Crippen LogP contribution in [0.3, 0.4) is 0 Å². The molecule has 0 aromatic heterocycles. The number of likely N-dealkylation sites (N-methyl/N-ethyl adjacent to an activating group) is 1. The molecule has 1 amide bonds. The van der Waals surface area contributed by atoms with Gasteiger partial charge < -0.3 is 9.64 Å².